The molecule has 3 atom stereocenters. The van der Waals surface area contributed by atoms with Gasteiger partial charge in [0.25, 0.3) is 0 Å². The lowest BCUT2D eigenvalue weighted by atomic mass is 10.0. The van der Waals surface area contributed by atoms with E-state index in [1.54, 1.807) is 0 Å². The highest BCUT2D eigenvalue weighted by Gasteiger charge is 2.71. The fraction of sp³-hybridized carbons (Fsp3) is 1.00. The van der Waals surface area contributed by atoms with Crippen molar-refractivity contribution in [2.75, 3.05) is 6.54 Å². The van der Waals surface area contributed by atoms with Crippen molar-refractivity contribution in [3.05, 3.63) is 0 Å². The van der Waals surface area contributed by atoms with E-state index >= 15 is 0 Å². The molecule has 1 aliphatic rings. The molecule has 1 saturated carbocycles. The Hall–Kier alpha value is 0.180. The Bertz CT molecular complexity index is 149. The van der Waals surface area contributed by atoms with Gasteiger partial charge in [-0.3, -0.25) is 0 Å². The first kappa shape index (κ1) is 8.28. The van der Waals surface area contributed by atoms with Crippen LogP contribution in [0.15, 0.2) is 0 Å². The van der Waals surface area contributed by atoms with Gasteiger partial charge in [-0.25, -0.2) is 4.39 Å². The van der Waals surface area contributed by atoms with Crippen LogP contribution in [-0.4, -0.2) is 11.7 Å². The third kappa shape index (κ3) is 0.785. The summed E-state index contributed by atoms with van der Waals surface area (Å²) >= 11 is 5.56. The summed E-state index contributed by atoms with van der Waals surface area (Å²) in [6, 6.07) is 0. The second-order valence-corrected chi connectivity index (χ2v) is 3.85. The minimum absolute atomic E-state index is 0.0507. The van der Waals surface area contributed by atoms with Crippen LogP contribution in [-0.2, 0) is 0 Å². The Labute approximate surface area is 65.7 Å². The standard InChI is InChI=1S/C7H13ClFN/c1-5-6(2,3-4-10)7(5,8)9/h5H,3-4,10H2,1-2H3. The Balaban J connectivity index is 2.59. The highest BCUT2D eigenvalue weighted by atomic mass is 35.5. The van der Waals surface area contributed by atoms with Crippen LogP contribution in [0.4, 0.5) is 4.39 Å². The van der Waals surface area contributed by atoms with Crippen molar-refractivity contribution in [1.82, 2.24) is 0 Å². The van der Waals surface area contributed by atoms with Gasteiger partial charge in [0.05, 0.1) is 0 Å². The molecular formula is C7H13ClFN. The highest BCUT2D eigenvalue weighted by Crippen LogP contribution is 2.68. The molecule has 0 aromatic rings. The maximum atomic E-state index is 13.1. The predicted molar refractivity (Wildman–Crippen MR) is 40.6 cm³/mol. The normalized spacial score (nSPS) is 53.1. The first-order chi connectivity index (χ1) is 4.47. The van der Waals surface area contributed by atoms with E-state index < -0.39 is 5.13 Å². The molecule has 1 nitrogen and oxygen atoms in total. The highest BCUT2D eigenvalue weighted by molar-refractivity contribution is 6.25. The molecule has 0 radical (unpaired) electrons. The molecule has 1 rings (SSSR count). The number of halogens is 2. The van der Waals surface area contributed by atoms with Gasteiger partial charge in [-0.1, -0.05) is 25.4 Å². The average molecular weight is 166 g/mol. The van der Waals surface area contributed by atoms with Crippen LogP contribution in [0.2, 0.25) is 0 Å². The molecule has 3 heteroatoms. The molecule has 2 N–H and O–H groups in total. The topological polar surface area (TPSA) is 26.0 Å². The summed E-state index contributed by atoms with van der Waals surface area (Å²) in [7, 11) is 0. The fourth-order valence-electron chi connectivity index (χ4n) is 1.49. The van der Waals surface area contributed by atoms with Gasteiger partial charge in [0, 0.05) is 11.3 Å². The molecule has 0 saturated heterocycles. The summed E-state index contributed by atoms with van der Waals surface area (Å²) in [6.07, 6.45) is 0.675. The van der Waals surface area contributed by atoms with Gasteiger partial charge in [-0.2, -0.15) is 0 Å². The van der Waals surface area contributed by atoms with Crippen molar-refractivity contribution < 1.29 is 4.39 Å². The third-order valence-corrected chi connectivity index (χ3v) is 3.60. The third-order valence-electron chi connectivity index (χ3n) is 2.84. The maximum Gasteiger partial charge on any atom is 0.192 e. The molecule has 10 heavy (non-hydrogen) atoms. The number of rotatable bonds is 2. The minimum Gasteiger partial charge on any atom is -0.330 e. The maximum absolute atomic E-state index is 13.1. The lowest BCUT2D eigenvalue weighted by molar-refractivity contribution is 0.323. The summed E-state index contributed by atoms with van der Waals surface area (Å²) in [5.41, 5.74) is 4.94. The zero-order valence-corrected chi connectivity index (χ0v) is 7.08. The smallest absolute Gasteiger partial charge is 0.192 e. The van der Waals surface area contributed by atoms with Gasteiger partial charge >= 0.3 is 0 Å². The number of alkyl halides is 2. The Kier molecular flexibility index (Phi) is 1.72. The average Bonchev–Trinajstić information content (AvgIpc) is 2.17. The second-order valence-electron chi connectivity index (χ2n) is 3.30. The van der Waals surface area contributed by atoms with Gasteiger partial charge in [-0.05, 0) is 13.0 Å². The molecule has 60 valence electrons. The molecule has 3 unspecified atom stereocenters. The summed E-state index contributed by atoms with van der Waals surface area (Å²) < 4.78 is 13.1. The van der Waals surface area contributed by atoms with E-state index in [9.17, 15) is 4.39 Å². The second kappa shape index (κ2) is 2.08. The molecule has 0 bridgehead atoms. The van der Waals surface area contributed by atoms with Crippen LogP contribution < -0.4 is 5.73 Å². The van der Waals surface area contributed by atoms with E-state index in [1.807, 2.05) is 13.8 Å². The summed E-state index contributed by atoms with van der Waals surface area (Å²) in [6.45, 7) is 4.18. The van der Waals surface area contributed by atoms with E-state index in [2.05, 4.69) is 0 Å². The van der Waals surface area contributed by atoms with Crippen LogP contribution in [0, 0.1) is 11.3 Å². The molecule has 0 aromatic carbocycles. The van der Waals surface area contributed by atoms with Gasteiger partial charge in [0.15, 0.2) is 5.13 Å². The van der Waals surface area contributed by atoms with Crippen LogP contribution in [0.25, 0.3) is 0 Å². The van der Waals surface area contributed by atoms with Crippen molar-refractivity contribution in [3.8, 4) is 0 Å². The zero-order valence-electron chi connectivity index (χ0n) is 6.32. The quantitative estimate of drug-likeness (QED) is 0.622. The van der Waals surface area contributed by atoms with Gasteiger partial charge < -0.3 is 5.73 Å². The monoisotopic (exact) mass is 165 g/mol. The Morgan fingerprint density at radius 1 is 1.70 bits per heavy atom. The molecule has 0 heterocycles. The number of nitrogens with two attached hydrogens (primary N) is 1. The van der Waals surface area contributed by atoms with Gasteiger partial charge in [-0.15, -0.1) is 0 Å². The molecule has 0 amide bonds. The lowest BCUT2D eigenvalue weighted by Gasteiger charge is -2.07. The van der Waals surface area contributed by atoms with E-state index in [0.29, 0.717) is 13.0 Å². The van der Waals surface area contributed by atoms with Crippen molar-refractivity contribution in [3.63, 3.8) is 0 Å². The van der Waals surface area contributed by atoms with E-state index in [4.69, 9.17) is 17.3 Å². The van der Waals surface area contributed by atoms with Crippen molar-refractivity contribution in [2.24, 2.45) is 17.1 Å². The fourth-order valence-corrected chi connectivity index (χ4v) is 1.93. The Morgan fingerprint density at radius 2 is 2.10 bits per heavy atom. The number of hydrogen-bond acceptors (Lipinski definition) is 1. The first-order valence-corrected chi connectivity index (χ1v) is 3.92. The molecule has 0 spiro atoms. The summed E-state index contributed by atoms with van der Waals surface area (Å²) in [5.74, 6) is -0.0507. The van der Waals surface area contributed by atoms with E-state index in [0.717, 1.165) is 0 Å². The summed E-state index contributed by atoms with van der Waals surface area (Å²) in [5, 5.41) is -1.49. The number of hydrogen-bond donors (Lipinski definition) is 1. The first-order valence-electron chi connectivity index (χ1n) is 3.54. The zero-order chi connectivity index (χ0) is 7.99. The minimum atomic E-state index is -1.49. The molecular weight excluding hydrogens is 153 g/mol. The van der Waals surface area contributed by atoms with E-state index in [1.165, 1.54) is 0 Å². The predicted octanol–water partition coefficient (Wildman–Crippen LogP) is 1.90. The van der Waals surface area contributed by atoms with Crippen LogP contribution in [0.1, 0.15) is 20.3 Å². The van der Waals surface area contributed by atoms with Crippen LogP contribution in [0.5, 0.6) is 0 Å². The SMILES string of the molecule is CC1C(F)(Cl)C1(C)CCN. The van der Waals surface area contributed by atoms with Crippen LogP contribution >= 0.6 is 11.6 Å². The van der Waals surface area contributed by atoms with Crippen molar-refractivity contribution in [2.45, 2.75) is 25.4 Å². The van der Waals surface area contributed by atoms with Gasteiger partial charge in [0.2, 0.25) is 0 Å². The molecule has 0 aromatic heterocycles. The summed E-state index contributed by atoms with van der Waals surface area (Å²) in [4.78, 5) is 0. The van der Waals surface area contributed by atoms with Crippen molar-refractivity contribution >= 4 is 11.6 Å². The van der Waals surface area contributed by atoms with Gasteiger partial charge in [0.1, 0.15) is 0 Å². The van der Waals surface area contributed by atoms with Crippen molar-refractivity contribution in [1.29, 1.82) is 0 Å². The van der Waals surface area contributed by atoms with Crippen LogP contribution in [0.3, 0.4) is 0 Å². The Morgan fingerprint density at radius 3 is 2.20 bits per heavy atom. The largest absolute Gasteiger partial charge is 0.330 e. The van der Waals surface area contributed by atoms with E-state index in [-0.39, 0.29) is 11.3 Å². The molecule has 1 fully saturated rings. The lowest BCUT2D eigenvalue weighted by Crippen LogP contribution is -2.12. The molecule has 1 aliphatic carbocycles. The molecule has 0 aliphatic heterocycles.